The standard InChI is InChI=1S/C15H27N3O2/c1-5-6-7-13-8-18(9-14(19-13)11(2)3)10-15-16-12(4)20-17-15/h11,13-14H,5-10H2,1-4H3/t13-,14-/m1/s1. The largest absolute Gasteiger partial charge is 0.372 e. The highest BCUT2D eigenvalue weighted by molar-refractivity contribution is 4.87. The van der Waals surface area contributed by atoms with E-state index in [0.717, 1.165) is 31.9 Å². The van der Waals surface area contributed by atoms with Crippen LogP contribution in [0.3, 0.4) is 0 Å². The molecule has 1 aromatic heterocycles. The van der Waals surface area contributed by atoms with Crippen molar-refractivity contribution < 1.29 is 9.26 Å². The predicted octanol–water partition coefficient (Wildman–Crippen LogP) is 2.79. The van der Waals surface area contributed by atoms with Crippen LogP contribution in [-0.4, -0.2) is 40.3 Å². The van der Waals surface area contributed by atoms with E-state index in [4.69, 9.17) is 9.26 Å². The highest BCUT2D eigenvalue weighted by Gasteiger charge is 2.29. The van der Waals surface area contributed by atoms with E-state index in [1.165, 1.54) is 12.8 Å². The van der Waals surface area contributed by atoms with Gasteiger partial charge in [-0.05, 0) is 12.3 Å². The molecule has 5 nitrogen and oxygen atoms in total. The van der Waals surface area contributed by atoms with Gasteiger partial charge in [0, 0.05) is 20.0 Å². The summed E-state index contributed by atoms with van der Waals surface area (Å²) in [5.74, 6) is 1.95. The minimum atomic E-state index is 0.304. The summed E-state index contributed by atoms with van der Waals surface area (Å²) in [6.45, 7) is 11.2. The Hall–Kier alpha value is -0.940. The van der Waals surface area contributed by atoms with Crippen LogP contribution in [0, 0.1) is 12.8 Å². The topological polar surface area (TPSA) is 51.4 Å². The number of nitrogens with zero attached hydrogens (tertiary/aromatic N) is 3. The molecule has 2 rings (SSSR count). The maximum Gasteiger partial charge on any atom is 0.223 e. The fourth-order valence-electron chi connectivity index (χ4n) is 2.64. The Morgan fingerprint density at radius 1 is 1.35 bits per heavy atom. The summed E-state index contributed by atoms with van der Waals surface area (Å²) in [5.41, 5.74) is 0. The summed E-state index contributed by atoms with van der Waals surface area (Å²) in [4.78, 5) is 6.70. The molecule has 1 aliphatic heterocycles. The molecule has 2 atom stereocenters. The molecule has 0 aromatic carbocycles. The van der Waals surface area contributed by atoms with Crippen molar-refractivity contribution in [2.24, 2.45) is 5.92 Å². The van der Waals surface area contributed by atoms with E-state index in [0.29, 0.717) is 24.0 Å². The monoisotopic (exact) mass is 281 g/mol. The molecule has 1 fully saturated rings. The lowest BCUT2D eigenvalue weighted by Crippen LogP contribution is -2.49. The first-order valence-corrected chi connectivity index (χ1v) is 7.75. The van der Waals surface area contributed by atoms with Crippen LogP contribution in [0.5, 0.6) is 0 Å². The molecule has 0 aliphatic carbocycles. The second-order valence-corrected chi connectivity index (χ2v) is 6.11. The van der Waals surface area contributed by atoms with Crippen molar-refractivity contribution in [2.45, 2.75) is 65.7 Å². The molecule has 2 heterocycles. The summed E-state index contributed by atoms with van der Waals surface area (Å²) >= 11 is 0. The number of hydrogen-bond acceptors (Lipinski definition) is 5. The molecule has 0 amide bonds. The normalized spacial score (nSPS) is 24.4. The Morgan fingerprint density at radius 3 is 2.75 bits per heavy atom. The van der Waals surface area contributed by atoms with Gasteiger partial charge < -0.3 is 9.26 Å². The third-order valence-corrected chi connectivity index (χ3v) is 3.83. The lowest BCUT2D eigenvalue weighted by molar-refractivity contribution is -0.109. The van der Waals surface area contributed by atoms with Crippen molar-refractivity contribution in [3.63, 3.8) is 0 Å². The highest BCUT2D eigenvalue weighted by Crippen LogP contribution is 2.21. The maximum atomic E-state index is 6.22. The van der Waals surface area contributed by atoms with E-state index in [-0.39, 0.29) is 0 Å². The Kier molecular flexibility index (Phi) is 5.54. The Bertz CT molecular complexity index is 406. The average Bonchev–Trinajstić information content (AvgIpc) is 2.81. The zero-order chi connectivity index (χ0) is 14.5. The first kappa shape index (κ1) is 15.4. The minimum absolute atomic E-state index is 0.304. The molecule has 0 unspecified atom stereocenters. The van der Waals surface area contributed by atoms with E-state index < -0.39 is 0 Å². The third-order valence-electron chi connectivity index (χ3n) is 3.83. The van der Waals surface area contributed by atoms with Gasteiger partial charge in [0.2, 0.25) is 5.89 Å². The maximum absolute atomic E-state index is 6.22. The van der Waals surface area contributed by atoms with Crippen LogP contribution >= 0.6 is 0 Å². The molecule has 0 bridgehead atoms. The molecular weight excluding hydrogens is 254 g/mol. The Morgan fingerprint density at radius 2 is 2.15 bits per heavy atom. The number of unbranched alkanes of at least 4 members (excludes halogenated alkanes) is 1. The van der Waals surface area contributed by atoms with Gasteiger partial charge in [0.15, 0.2) is 5.82 Å². The molecule has 0 spiro atoms. The molecule has 0 saturated carbocycles. The number of aromatic nitrogens is 2. The number of hydrogen-bond donors (Lipinski definition) is 0. The van der Waals surface area contributed by atoms with Crippen LogP contribution in [0.15, 0.2) is 4.52 Å². The fourth-order valence-corrected chi connectivity index (χ4v) is 2.64. The van der Waals surface area contributed by atoms with Crippen LogP contribution in [0.2, 0.25) is 0 Å². The van der Waals surface area contributed by atoms with Gasteiger partial charge in [-0.15, -0.1) is 0 Å². The molecule has 0 radical (unpaired) electrons. The minimum Gasteiger partial charge on any atom is -0.372 e. The number of rotatable bonds is 6. The van der Waals surface area contributed by atoms with Gasteiger partial charge in [0.05, 0.1) is 18.8 Å². The summed E-state index contributed by atoms with van der Waals surface area (Å²) in [6, 6.07) is 0. The van der Waals surface area contributed by atoms with Crippen molar-refractivity contribution in [3.05, 3.63) is 11.7 Å². The summed E-state index contributed by atoms with van der Waals surface area (Å²) in [6.07, 6.45) is 4.23. The first-order chi connectivity index (χ1) is 9.58. The van der Waals surface area contributed by atoms with E-state index in [9.17, 15) is 0 Å². The lowest BCUT2D eigenvalue weighted by atomic mass is 10.0. The van der Waals surface area contributed by atoms with Crippen LogP contribution in [0.1, 0.15) is 51.7 Å². The van der Waals surface area contributed by atoms with E-state index in [2.05, 4.69) is 35.8 Å². The van der Waals surface area contributed by atoms with Gasteiger partial charge >= 0.3 is 0 Å². The number of ether oxygens (including phenoxy) is 1. The molecule has 1 aliphatic rings. The van der Waals surface area contributed by atoms with E-state index in [1.807, 2.05) is 6.92 Å². The smallest absolute Gasteiger partial charge is 0.223 e. The quantitative estimate of drug-likeness (QED) is 0.802. The van der Waals surface area contributed by atoms with Crippen molar-refractivity contribution in [2.75, 3.05) is 13.1 Å². The Labute approximate surface area is 121 Å². The zero-order valence-electron chi connectivity index (χ0n) is 13.1. The van der Waals surface area contributed by atoms with Crippen LogP contribution in [-0.2, 0) is 11.3 Å². The zero-order valence-corrected chi connectivity index (χ0v) is 13.1. The molecule has 5 heteroatoms. The van der Waals surface area contributed by atoms with Crippen molar-refractivity contribution in [1.82, 2.24) is 15.0 Å². The molecule has 0 N–H and O–H groups in total. The van der Waals surface area contributed by atoms with Gasteiger partial charge in [0.1, 0.15) is 0 Å². The summed E-state index contributed by atoms with van der Waals surface area (Å²) < 4.78 is 11.3. The SMILES string of the molecule is CCCC[C@@H]1CN(Cc2noc(C)n2)C[C@H](C(C)C)O1. The average molecular weight is 281 g/mol. The van der Waals surface area contributed by atoms with Gasteiger partial charge in [0.25, 0.3) is 0 Å². The molecule has 1 saturated heterocycles. The number of aryl methyl sites for hydroxylation is 1. The van der Waals surface area contributed by atoms with Crippen LogP contribution in [0.25, 0.3) is 0 Å². The highest BCUT2D eigenvalue weighted by atomic mass is 16.5. The van der Waals surface area contributed by atoms with Gasteiger partial charge in [-0.1, -0.05) is 38.8 Å². The van der Waals surface area contributed by atoms with Gasteiger partial charge in [-0.2, -0.15) is 4.98 Å². The predicted molar refractivity (Wildman–Crippen MR) is 77.3 cm³/mol. The second-order valence-electron chi connectivity index (χ2n) is 6.11. The second kappa shape index (κ2) is 7.18. The summed E-state index contributed by atoms with van der Waals surface area (Å²) in [5, 5.41) is 4.00. The number of morpholine rings is 1. The van der Waals surface area contributed by atoms with Crippen molar-refractivity contribution in [1.29, 1.82) is 0 Å². The van der Waals surface area contributed by atoms with Gasteiger partial charge in [-0.25, -0.2) is 0 Å². The van der Waals surface area contributed by atoms with Crippen LogP contribution in [0.4, 0.5) is 0 Å². The third kappa shape index (κ3) is 4.28. The lowest BCUT2D eigenvalue weighted by Gasteiger charge is -2.39. The fraction of sp³-hybridized carbons (Fsp3) is 0.867. The first-order valence-electron chi connectivity index (χ1n) is 7.75. The Balaban J connectivity index is 1.95. The molecule has 1 aromatic rings. The molecular formula is C15H27N3O2. The van der Waals surface area contributed by atoms with Crippen molar-refractivity contribution >= 4 is 0 Å². The van der Waals surface area contributed by atoms with Crippen LogP contribution < -0.4 is 0 Å². The van der Waals surface area contributed by atoms with Crippen molar-refractivity contribution in [3.8, 4) is 0 Å². The molecule has 20 heavy (non-hydrogen) atoms. The van der Waals surface area contributed by atoms with E-state index >= 15 is 0 Å². The summed E-state index contributed by atoms with van der Waals surface area (Å²) in [7, 11) is 0. The van der Waals surface area contributed by atoms with E-state index in [1.54, 1.807) is 0 Å². The van der Waals surface area contributed by atoms with Gasteiger partial charge in [-0.3, -0.25) is 4.90 Å². The molecule has 114 valence electrons.